The molecule has 0 atom stereocenters. The second-order valence-electron chi connectivity index (χ2n) is 4.61. The van der Waals surface area contributed by atoms with Gasteiger partial charge in [0.1, 0.15) is 11.4 Å². The zero-order valence-corrected chi connectivity index (χ0v) is 12.1. The fourth-order valence-corrected chi connectivity index (χ4v) is 1.63. The molecule has 108 valence electrons. The molecule has 0 bridgehead atoms. The number of amides is 1. The van der Waals surface area contributed by atoms with Crippen LogP contribution < -0.4 is 5.32 Å². The summed E-state index contributed by atoms with van der Waals surface area (Å²) in [4.78, 5) is 23.1. The first kappa shape index (κ1) is 16.2. The van der Waals surface area contributed by atoms with Gasteiger partial charge in [0.2, 0.25) is 5.91 Å². The van der Waals surface area contributed by atoms with Crippen molar-refractivity contribution in [1.82, 2.24) is 5.32 Å². The van der Waals surface area contributed by atoms with Crippen LogP contribution in [0.25, 0.3) is 6.08 Å². The van der Waals surface area contributed by atoms with Crippen molar-refractivity contribution >= 4 is 29.6 Å². The van der Waals surface area contributed by atoms with E-state index in [0.717, 1.165) is 0 Å². The third-order valence-corrected chi connectivity index (χ3v) is 2.79. The molecule has 1 rings (SSSR count). The van der Waals surface area contributed by atoms with Gasteiger partial charge in [-0.25, -0.2) is 9.18 Å². The van der Waals surface area contributed by atoms with E-state index in [1.54, 1.807) is 0 Å². The number of esters is 1. The van der Waals surface area contributed by atoms with Crippen molar-refractivity contribution in [2.45, 2.75) is 19.4 Å². The van der Waals surface area contributed by atoms with Crippen LogP contribution in [0.1, 0.15) is 19.4 Å². The number of hydrogen-bond donors (Lipinski definition) is 1. The summed E-state index contributed by atoms with van der Waals surface area (Å²) in [7, 11) is 1.24. The highest BCUT2D eigenvalue weighted by Crippen LogP contribution is 2.16. The number of carbonyl (C=O) groups excluding carboxylic acids is 2. The molecule has 0 fully saturated rings. The van der Waals surface area contributed by atoms with E-state index in [0.29, 0.717) is 5.56 Å². The fourth-order valence-electron chi connectivity index (χ4n) is 1.44. The van der Waals surface area contributed by atoms with Gasteiger partial charge in [0.25, 0.3) is 0 Å². The predicted octanol–water partition coefficient (Wildman–Crippen LogP) is 2.56. The van der Waals surface area contributed by atoms with Crippen LogP contribution >= 0.6 is 11.6 Å². The fraction of sp³-hybridized carbons (Fsp3) is 0.286. The predicted molar refractivity (Wildman–Crippen MR) is 74.7 cm³/mol. The summed E-state index contributed by atoms with van der Waals surface area (Å²) in [5, 5.41) is 2.47. The lowest BCUT2D eigenvalue weighted by Crippen LogP contribution is -2.49. The Labute approximate surface area is 121 Å². The van der Waals surface area contributed by atoms with Gasteiger partial charge in [0.15, 0.2) is 0 Å². The zero-order chi connectivity index (χ0) is 15.3. The number of ether oxygens (including phenoxy) is 1. The van der Waals surface area contributed by atoms with Crippen molar-refractivity contribution < 1.29 is 18.7 Å². The van der Waals surface area contributed by atoms with Crippen molar-refractivity contribution in [1.29, 1.82) is 0 Å². The van der Waals surface area contributed by atoms with Gasteiger partial charge in [-0.2, -0.15) is 0 Å². The van der Waals surface area contributed by atoms with Gasteiger partial charge in [-0.1, -0.05) is 17.7 Å². The Bertz CT molecular complexity index is 555. The highest BCUT2D eigenvalue weighted by molar-refractivity contribution is 6.30. The Morgan fingerprint density at radius 3 is 2.60 bits per heavy atom. The minimum absolute atomic E-state index is 0.0255. The lowest BCUT2D eigenvalue weighted by atomic mass is 10.1. The summed E-state index contributed by atoms with van der Waals surface area (Å²) in [5.74, 6) is -1.55. The Morgan fingerprint density at radius 2 is 2.05 bits per heavy atom. The minimum atomic E-state index is -1.13. The van der Waals surface area contributed by atoms with Gasteiger partial charge >= 0.3 is 5.97 Å². The SMILES string of the molecule is COC(=O)C(C)(C)NC(=O)/C=C/c1ccc(F)c(Cl)c1. The van der Waals surface area contributed by atoms with Crippen molar-refractivity contribution in [3.05, 3.63) is 40.7 Å². The first-order chi connectivity index (χ1) is 9.26. The van der Waals surface area contributed by atoms with Crippen molar-refractivity contribution in [2.24, 2.45) is 0 Å². The largest absolute Gasteiger partial charge is 0.467 e. The Morgan fingerprint density at radius 1 is 1.40 bits per heavy atom. The van der Waals surface area contributed by atoms with E-state index in [2.05, 4.69) is 10.1 Å². The van der Waals surface area contributed by atoms with E-state index in [1.165, 1.54) is 51.3 Å². The third-order valence-electron chi connectivity index (χ3n) is 2.50. The molecule has 1 amide bonds. The maximum atomic E-state index is 13.0. The van der Waals surface area contributed by atoms with Gasteiger partial charge < -0.3 is 10.1 Å². The zero-order valence-electron chi connectivity index (χ0n) is 11.4. The summed E-state index contributed by atoms with van der Waals surface area (Å²) >= 11 is 5.63. The number of hydrogen-bond acceptors (Lipinski definition) is 3. The van der Waals surface area contributed by atoms with Crippen LogP contribution in [0, 0.1) is 5.82 Å². The maximum absolute atomic E-state index is 13.0. The van der Waals surface area contributed by atoms with Gasteiger partial charge in [-0.3, -0.25) is 4.79 Å². The topological polar surface area (TPSA) is 55.4 Å². The van der Waals surface area contributed by atoms with E-state index in [4.69, 9.17) is 11.6 Å². The number of benzene rings is 1. The molecule has 0 heterocycles. The number of methoxy groups -OCH3 is 1. The molecule has 0 aliphatic heterocycles. The summed E-state index contributed by atoms with van der Waals surface area (Å²) < 4.78 is 17.5. The normalized spacial score (nSPS) is 11.4. The molecule has 1 aromatic rings. The molecule has 0 unspecified atom stereocenters. The Balaban J connectivity index is 2.73. The first-order valence-electron chi connectivity index (χ1n) is 5.80. The Hall–Kier alpha value is -1.88. The van der Waals surface area contributed by atoms with Crippen LogP contribution in [-0.4, -0.2) is 24.5 Å². The van der Waals surface area contributed by atoms with Crippen molar-refractivity contribution in [3.8, 4) is 0 Å². The van der Waals surface area contributed by atoms with Crippen LogP contribution in [-0.2, 0) is 14.3 Å². The van der Waals surface area contributed by atoms with Crippen molar-refractivity contribution in [2.75, 3.05) is 7.11 Å². The molecule has 0 aliphatic carbocycles. The summed E-state index contributed by atoms with van der Waals surface area (Å²) in [6.45, 7) is 3.05. The van der Waals surface area contributed by atoms with Crippen LogP contribution in [0.3, 0.4) is 0 Å². The number of carbonyl (C=O) groups is 2. The smallest absolute Gasteiger partial charge is 0.330 e. The molecule has 6 heteroatoms. The van der Waals surface area contributed by atoms with Gasteiger partial charge in [-0.05, 0) is 37.6 Å². The molecule has 0 aromatic heterocycles. The minimum Gasteiger partial charge on any atom is -0.467 e. The first-order valence-corrected chi connectivity index (χ1v) is 6.18. The number of rotatable bonds is 4. The van der Waals surface area contributed by atoms with E-state index in [-0.39, 0.29) is 5.02 Å². The molecule has 0 radical (unpaired) electrons. The lowest BCUT2D eigenvalue weighted by Gasteiger charge is -2.22. The molecule has 0 aliphatic rings. The molecule has 20 heavy (non-hydrogen) atoms. The van der Waals surface area contributed by atoms with Crippen LogP contribution in [0.2, 0.25) is 5.02 Å². The van der Waals surface area contributed by atoms with Gasteiger partial charge in [0, 0.05) is 6.08 Å². The molecular weight excluding hydrogens is 285 g/mol. The third kappa shape index (κ3) is 4.35. The van der Waals surface area contributed by atoms with Gasteiger partial charge in [0.05, 0.1) is 12.1 Å². The average molecular weight is 300 g/mol. The van der Waals surface area contributed by atoms with E-state index >= 15 is 0 Å². The maximum Gasteiger partial charge on any atom is 0.330 e. The molecular formula is C14H15ClFNO3. The highest BCUT2D eigenvalue weighted by Gasteiger charge is 2.29. The van der Waals surface area contributed by atoms with Crippen LogP contribution in [0.4, 0.5) is 4.39 Å². The second kappa shape index (κ2) is 6.52. The highest BCUT2D eigenvalue weighted by atomic mass is 35.5. The molecule has 1 aromatic carbocycles. The van der Waals surface area contributed by atoms with E-state index < -0.39 is 23.2 Å². The molecule has 0 spiro atoms. The Kier molecular flexibility index (Phi) is 5.27. The second-order valence-corrected chi connectivity index (χ2v) is 5.02. The van der Waals surface area contributed by atoms with Gasteiger partial charge in [-0.15, -0.1) is 0 Å². The van der Waals surface area contributed by atoms with E-state index in [9.17, 15) is 14.0 Å². The molecule has 1 N–H and O–H groups in total. The molecule has 0 saturated carbocycles. The monoisotopic (exact) mass is 299 g/mol. The standard InChI is InChI=1S/C14H15ClFNO3/c1-14(2,13(19)20-3)17-12(18)7-5-9-4-6-11(16)10(15)8-9/h4-8H,1-3H3,(H,17,18)/b7-5+. The number of nitrogens with one attached hydrogen (secondary N) is 1. The van der Waals surface area contributed by atoms with Crippen LogP contribution in [0.15, 0.2) is 24.3 Å². The van der Waals surface area contributed by atoms with Crippen molar-refractivity contribution in [3.63, 3.8) is 0 Å². The quantitative estimate of drug-likeness (QED) is 0.687. The molecule has 4 nitrogen and oxygen atoms in total. The summed E-state index contributed by atoms with van der Waals surface area (Å²) in [6.07, 6.45) is 2.70. The summed E-state index contributed by atoms with van der Waals surface area (Å²) in [6, 6.07) is 4.08. The number of halogens is 2. The average Bonchev–Trinajstić information content (AvgIpc) is 2.38. The van der Waals surface area contributed by atoms with Crippen LogP contribution in [0.5, 0.6) is 0 Å². The summed E-state index contributed by atoms with van der Waals surface area (Å²) in [5.41, 5.74) is -0.557. The lowest BCUT2D eigenvalue weighted by molar-refractivity contribution is -0.148. The van der Waals surface area contributed by atoms with E-state index in [1.807, 2.05) is 0 Å². The molecule has 0 saturated heterocycles.